The molecular weight excluding hydrogens is 398 g/mol. The molecule has 0 spiro atoms. The van der Waals surface area contributed by atoms with Crippen molar-refractivity contribution in [1.82, 2.24) is 4.57 Å². The largest absolute Gasteiger partial charge is 0.322 e. The van der Waals surface area contributed by atoms with Crippen molar-refractivity contribution in [3.63, 3.8) is 0 Å². The van der Waals surface area contributed by atoms with Gasteiger partial charge in [0.2, 0.25) is 10.0 Å². The van der Waals surface area contributed by atoms with E-state index in [9.17, 15) is 18.0 Å². The molecule has 1 aromatic heterocycles. The number of carbonyl (C=O) groups excluding carboxylic acids is 1. The van der Waals surface area contributed by atoms with Gasteiger partial charge in [-0.15, -0.1) is 0 Å². The summed E-state index contributed by atoms with van der Waals surface area (Å²) in [6.45, 7) is 4.21. The van der Waals surface area contributed by atoms with Crippen molar-refractivity contribution in [3.8, 4) is 0 Å². The lowest BCUT2D eigenvalue weighted by atomic mass is 10.1. The van der Waals surface area contributed by atoms with Gasteiger partial charge in [0.15, 0.2) is 0 Å². The van der Waals surface area contributed by atoms with Crippen LogP contribution in [-0.4, -0.2) is 32.2 Å². The maximum atomic E-state index is 12.8. The van der Waals surface area contributed by atoms with Crippen LogP contribution in [0.5, 0.6) is 0 Å². The first kappa shape index (κ1) is 20.1. The fraction of sp³-hybridized carbons (Fsp3) is 0.263. The molecule has 0 saturated carbocycles. The summed E-state index contributed by atoms with van der Waals surface area (Å²) in [5, 5.41) is 2.83. The lowest BCUT2D eigenvalue weighted by molar-refractivity contribution is 0.102. The smallest absolute Gasteiger partial charge is 0.308 e. The molecule has 0 atom stereocenters. The normalized spacial score (nSPS) is 11.6. The molecule has 0 fully saturated rings. The second-order valence-electron chi connectivity index (χ2n) is 6.43. The van der Waals surface area contributed by atoms with Crippen LogP contribution in [0.4, 0.5) is 11.4 Å². The standard InChI is InChI=1S/C19H21N3O4S2/c1-5-22-16-10-9-13(11-17(16)27-19(22)24)20-18(23)14-7-6-8-15(12(14)2)21(3)28(4,25)26/h6-11H,5H2,1-4H3,(H,20,23). The zero-order chi connectivity index (χ0) is 20.6. The lowest BCUT2D eigenvalue weighted by Gasteiger charge is -2.20. The molecule has 2 aromatic carbocycles. The van der Waals surface area contributed by atoms with E-state index in [1.807, 2.05) is 13.0 Å². The van der Waals surface area contributed by atoms with E-state index in [0.29, 0.717) is 29.0 Å². The van der Waals surface area contributed by atoms with Crippen LogP contribution in [0.1, 0.15) is 22.8 Å². The van der Waals surface area contributed by atoms with Crippen LogP contribution in [0.15, 0.2) is 41.2 Å². The van der Waals surface area contributed by atoms with Gasteiger partial charge in [0.1, 0.15) is 0 Å². The molecule has 1 N–H and O–H groups in total. The number of thiazole rings is 1. The van der Waals surface area contributed by atoms with Gasteiger partial charge in [-0.05, 0) is 49.7 Å². The van der Waals surface area contributed by atoms with Gasteiger partial charge in [-0.3, -0.25) is 18.5 Å². The molecule has 0 saturated heterocycles. The van der Waals surface area contributed by atoms with Crippen molar-refractivity contribution < 1.29 is 13.2 Å². The van der Waals surface area contributed by atoms with Crippen LogP contribution < -0.4 is 14.5 Å². The Bertz CT molecular complexity index is 1230. The number of benzene rings is 2. The van der Waals surface area contributed by atoms with E-state index >= 15 is 0 Å². The monoisotopic (exact) mass is 419 g/mol. The minimum absolute atomic E-state index is 0.0339. The Kier molecular flexibility index (Phi) is 5.31. The molecule has 0 radical (unpaired) electrons. The van der Waals surface area contributed by atoms with Gasteiger partial charge in [0.25, 0.3) is 5.91 Å². The maximum Gasteiger partial charge on any atom is 0.308 e. The van der Waals surface area contributed by atoms with E-state index in [1.54, 1.807) is 41.8 Å². The highest BCUT2D eigenvalue weighted by Crippen LogP contribution is 2.26. The van der Waals surface area contributed by atoms with Crippen LogP contribution >= 0.6 is 11.3 Å². The van der Waals surface area contributed by atoms with E-state index in [2.05, 4.69) is 5.32 Å². The van der Waals surface area contributed by atoms with Crippen LogP contribution in [0.2, 0.25) is 0 Å². The number of carbonyl (C=O) groups is 1. The Balaban J connectivity index is 1.93. The number of hydrogen-bond donors (Lipinski definition) is 1. The summed E-state index contributed by atoms with van der Waals surface area (Å²) in [7, 11) is -1.99. The number of sulfonamides is 1. The summed E-state index contributed by atoms with van der Waals surface area (Å²) >= 11 is 1.14. The highest BCUT2D eigenvalue weighted by Gasteiger charge is 2.19. The van der Waals surface area contributed by atoms with Crippen LogP contribution in [-0.2, 0) is 16.6 Å². The third-order valence-corrected chi connectivity index (χ3v) is 6.76. The number of anilines is 2. The summed E-state index contributed by atoms with van der Waals surface area (Å²) in [5.41, 5.74) is 2.80. The number of aromatic nitrogens is 1. The maximum absolute atomic E-state index is 12.8. The van der Waals surface area contributed by atoms with Crippen LogP contribution in [0.3, 0.4) is 0 Å². The molecule has 0 bridgehead atoms. The quantitative estimate of drug-likeness (QED) is 0.688. The zero-order valence-electron chi connectivity index (χ0n) is 16.0. The Labute approximate surface area is 167 Å². The van der Waals surface area contributed by atoms with Crippen LogP contribution in [0.25, 0.3) is 10.2 Å². The Morgan fingerprint density at radius 1 is 1.25 bits per heavy atom. The van der Waals surface area contributed by atoms with Gasteiger partial charge in [0, 0.05) is 24.8 Å². The summed E-state index contributed by atoms with van der Waals surface area (Å²) in [5.74, 6) is -0.345. The second-order valence-corrected chi connectivity index (χ2v) is 9.44. The van der Waals surface area contributed by atoms with Gasteiger partial charge >= 0.3 is 4.87 Å². The summed E-state index contributed by atoms with van der Waals surface area (Å²) in [4.78, 5) is 24.7. The molecule has 1 heterocycles. The van der Waals surface area contributed by atoms with E-state index < -0.39 is 10.0 Å². The number of aryl methyl sites for hydroxylation is 1. The molecular formula is C19H21N3O4S2. The SMILES string of the molecule is CCn1c(=O)sc2cc(NC(=O)c3cccc(N(C)S(C)(=O)=O)c3C)ccc21. The molecule has 0 aliphatic heterocycles. The van der Waals surface area contributed by atoms with Crippen molar-refractivity contribution in [2.24, 2.45) is 0 Å². The Morgan fingerprint density at radius 2 is 1.96 bits per heavy atom. The number of rotatable bonds is 5. The van der Waals surface area contributed by atoms with Crippen molar-refractivity contribution in [2.45, 2.75) is 20.4 Å². The third-order valence-electron chi connectivity index (χ3n) is 4.63. The molecule has 3 rings (SSSR count). The first-order chi connectivity index (χ1) is 13.1. The number of fused-ring (bicyclic) bond motifs is 1. The second kappa shape index (κ2) is 7.40. The molecule has 0 aliphatic rings. The molecule has 0 aliphatic carbocycles. The Hall–Kier alpha value is -2.65. The first-order valence-electron chi connectivity index (χ1n) is 8.61. The highest BCUT2D eigenvalue weighted by atomic mass is 32.2. The summed E-state index contributed by atoms with van der Waals surface area (Å²) in [6, 6.07) is 10.3. The Morgan fingerprint density at radius 3 is 2.61 bits per heavy atom. The minimum atomic E-state index is -3.44. The topological polar surface area (TPSA) is 88.5 Å². The predicted molar refractivity (Wildman–Crippen MR) is 114 cm³/mol. The predicted octanol–water partition coefficient (Wildman–Crippen LogP) is 3.04. The third kappa shape index (κ3) is 3.67. The van der Waals surface area contributed by atoms with E-state index in [1.165, 1.54) is 7.05 Å². The fourth-order valence-corrected chi connectivity index (χ4v) is 4.58. The van der Waals surface area contributed by atoms with Gasteiger partial charge in [-0.25, -0.2) is 8.42 Å². The van der Waals surface area contributed by atoms with Gasteiger partial charge in [-0.2, -0.15) is 0 Å². The number of hydrogen-bond acceptors (Lipinski definition) is 5. The van der Waals surface area contributed by atoms with E-state index in [-0.39, 0.29) is 10.8 Å². The number of nitrogens with one attached hydrogen (secondary N) is 1. The van der Waals surface area contributed by atoms with E-state index in [4.69, 9.17) is 0 Å². The van der Waals surface area contributed by atoms with Gasteiger partial charge in [-0.1, -0.05) is 17.4 Å². The molecule has 7 nitrogen and oxygen atoms in total. The number of nitrogens with zero attached hydrogens (tertiary/aromatic N) is 2. The lowest BCUT2D eigenvalue weighted by Crippen LogP contribution is -2.26. The van der Waals surface area contributed by atoms with Crippen molar-refractivity contribution >= 4 is 48.9 Å². The fourth-order valence-electron chi connectivity index (χ4n) is 3.03. The molecule has 3 aromatic rings. The average molecular weight is 420 g/mol. The summed E-state index contributed by atoms with van der Waals surface area (Å²) < 4.78 is 27.3. The average Bonchev–Trinajstić information content (AvgIpc) is 2.94. The molecule has 148 valence electrons. The van der Waals surface area contributed by atoms with Crippen molar-refractivity contribution in [2.75, 3.05) is 22.9 Å². The first-order valence-corrected chi connectivity index (χ1v) is 11.3. The zero-order valence-corrected chi connectivity index (χ0v) is 17.6. The van der Waals surface area contributed by atoms with Gasteiger partial charge < -0.3 is 5.32 Å². The molecule has 0 unspecified atom stereocenters. The molecule has 28 heavy (non-hydrogen) atoms. The summed E-state index contributed by atoms with van der Waals surface area (Å²) in [6.07, 6.45) is 1.11. The van der Waals surface area contributed by atoms with Crippen molar-refractivity contribution in [3.05, 3.63) is 57.2 Å². The molecule has 9 heteroatoms. The highest BCUT2D eigenvalue weighted by molar-refractivity contribution is 7.92. The van der Waals surface area contributed by atoms with Gasteiger partial charge in [0.05, 0.1) is 22.2 Å². The van der Waals surface area contributed by atoms with Crippen molar-refractivity contribution in [1.29, 1.82) is 0 Å². The molecule has 1 amide bonds. The van der Waals surface area contributed by atoms with Crippen LogP contribution in [0, 0.1) is 6.92 Å². The minimum Gasteiger partial charge on any atom is -0.322 e. The van der Waals surface area contributed by atoms with E-state index in [0.717, 1.165) is 32.1 Å². The number of amides is 1.